The summed E-state index contributed by atoms with van der Waals surface area (Å²) in [6.07, 6.45) is 1.51. The Morgan fingerprint density at radius 1 is 1.69 bits per heavy atom. The number of carbonyl (C=O) groups is 1. The van der Waals surface area contributed by atoms with Gasteiger partial charge in [0, 0.05) is 0 Å². The van der Waals surface area contributed by atoms with E-state index in [1.807, 2.05) is 0 Å². The van der Waals surface area contributed by atoms with Gasteiger partial charge in [0.1, 0.15) is 0 Å². The first kappa shape index (κ1) is 10.3. The average Bonchev–Trinajstić information content (AvgIpc) is 2.85. The lowest BCUT2D eigenvalue weighted by atomic mass is 10.2. The fourth-order valence-corrected chi connectivity index (χ4v) is 1.15. The topological polar surface area (TPSA) is 94.0 Å². The maximum Gasteiger partial charge on any atom is 0.308 e. The molecule has 0 spiro atoms. The Kier molecular flexibility index (Phi) is 2.67. The summed E-state index contributed by atoms with van der Waals surface area (Å²) in [5.74, 6) is -0.590. The van der Waals surface area contributed by atoms with Crippen LogP contribution in [0, 0.1) is 5.92 Å². The first-order valence-electron chi connectivity index (χ1n) is 4.71. The van der Waals surface area contributed by atoms with Crippen LogP contribution in [0.4, 0.5) is 0 Å². The molecule has 0 aliphatic heterocycles. The molecule has 0 saturated heterocycles. The van der Waals surface area contributed by atoms with Crippen molar-refractivity contribution >= 4 is 5.97 Å². The summed E-state index contributed by atoms with van der Waals surface area (Å²) >= 11 is 0. The minimum Gasteiger partial charge on any atom is -0.481 e. The Hall–Kier alpha value is -2.18. The van der Waals surface area contributed by atoms with Crippen LogP contribution < -0.4 is 0 Å². The second kappa shape index (κ2) is 4.13. The highest BCUT2D eigenvalue weighted by molar-refractivity contribution is 5.69. The maximum atomic E-state index is 10.6. The van der Waals surface area contributed by atoms with Crippen LogP contribution in [-0.2, 0) is 11.3 Å². The lowest BCUT2D eigenvalue weighted by Crippen LogP contribution is -2.18. The van der Waals surface area contributed by atoms with Crippen molar-refractivity contribution in [3.8, 4) is 11.6 Å². The van der Waals surface area contributed by atoms with Crippen molar-refractivity contribution in [1.29, 1.82) is 0 Å². The Morgan fingerprint density at radius 2 is 2.50 bits per heavy atom. The summed E-state index contributed by atoms with van der Waals surface area (Å²) in [5, 5.41) is 20.3. The molecule has 84 valence electrons. The first-order valence-corrected chi connectivity index (χ1v) is 4.71. The van der Waals surface area contributed by atoms with Crippen LogP contribution in [0.15, 0.2) is 22.8 Å². The number of hydrogen-bond donors (Lipinski definition) is 1. The lowest BCUT2D eigenvalue weighted by Gasteiger charge is -2.02. The highest BCUT2D eigenvalue weighted by Crippen LogP contribution is 2.13. The molecule has 2 aromatic heterocycles. The number of carboxylic acid groups (broad SMARTS) is 1. The van der Waals surface area contributed by atoms with E-state index in [2.05, 4.69) is 15.4 Å². The predicted octanol–water partition coefficient (Wildman–Crippen LogP) is 0.654. The van der Waals surface area contributed by atoms with E-state index < -0.39 is 11.9 Å². The molecule has 0 bridgehead atoms. The second-order valence-corrected chi connectivity index (χ2v) is 3.38. The molecule has 2 rings (SSSR count). The molecule has 0 aromatic carbocycles. The molecular weight excluding hydrogens is 212 g/mol. The van der Waals surface area contributed by atoms with Crippen molar-refractivity contribution in [2.75, 3.05) is 0 Å². The largest absolute Gasteiger partial charge is 0.481 e. The average molecular weight is 222 g/mol. The molecule has 1 unspecified atom stereocenters. The predicted molar refractivity (Wildman–Crippen MR) is 52.3 cm³/mol. The van der Waals surface area contributed by atoms with Gasteiger partial charge in [-0.3, -0.25) is 4.79 Å². The number of nitrogens with zero attached hydrogens (tertiary/aromatic N) is 4. The number of carboxylic acids is 1. The third-order valence-electron chi connectivity index (χ3n) is 2.05. The third-order valence-corrected chi connectivity index (χ3v) is 2.05. The number of hydrogen-bond acceptors (Lipinski definition) is 5. The number of aromatic nitrogens is 4. The molecule has 7 heteroatoms. The van der Waals surface area contributed by atoms with Gasteiger partial charge in [0.05, 0.1) is 18.7 Å². The summed E-state index contributed by atoms with van der Waals surface area (Å²) in [6, 6.07) is 3.43. The van der Waals surface area contributed by atoms with Crippen molar-refractivity contribution < 1.29 is 14.3 Å². The highest BCUT2D eigenvalue weighted by atomic mass is 16.4. The molecule has 0 amide bonds. The van der Waals surface area contributed by atoms with E-state index in [-0.39, 0.29) is 6.54 Å². The molecule has 7 nitrogen and oxygen atoms in total. The van der Waals surface area contributed by atoms with Gasteiger partial charge in [-0.1, -0.05) is 6.92 Å². The van der Waals surface area contributed by atoms with Gasteiger partial charge in [-0.2, -0.15) is 4.80 Å². The molecule has 2 aromatic rings. The SMILES string of the molecule is CC(Cn1nnc(-c2ccco2)n1)C(=O)O. The molecule has 0 aliphatic carbocycles. The molecule has 0 aliphatic rings. The number of tetrazole rings is 1. The molecule has 0 fully saturated rings. The summed E-state index contributed by atoms with van der Waals surface area (Å²) < 4.78 is 5.09. The molecule has 0 radical (unpaired) electrons. The van der Waals surface area contributed by atoms with E-state index in [0.717, 1.165) is 0 Å². The quantitative estimate of drug-likeness (QED) is 0.816. The van der Waals surface area contributed by atoms with Crippen LogP contribution in [0.2, 0.25) is 0 Å². The molecular formula is C9H10N4O3. The van der Waals surface area contributed by atoms with Crippen LogP contribution >= 0.6 is 0 Å². The summed E-state index contributed by atoms with van der Waals surface area (Å²) in [6.45, 7) is 1.77. The van der Waals surface area contributed by atoms with Gasteiger partial charge in [0.2, 0.25) is 5.82 Å². The van der Waals surface area contributed by atoms with Crippen LogP contribution in [0.3, 0.4) is 0 Å². The molecule has 16 heavy (non-hydrogen) atoms. The highest BCUT2D eigenvalue weighted by Gasteiger charge is 2.14. The fraction of sp³-hybridized carbons (Fsp3) is 0.333. The maximum absolute atomic E-state index is 10.6. The number of aliphatic carboxylic acids is 1. The standard InChI is InChI=1S/C9H10N4O3/c1-6(9(14)15)5-13-11-8(10-12-13)7-3-2-4-16-7/h2-4,6H,5H2,1H3,(H,14,15). The van der Waals surface area contributed by atoms with Crippen molar-refractivity contribution in [1.82, 2.24) is 20.2 Å². The van der Waals surface area contributed by atoms with Crippen molar-refractivity contribution in [3.63, 3.8) is 0 Å². The van der Waals surface area contributed by atoms with Gasteiger partial charge in [0.15, 0.2) is 5.76 Å². The summed E-state index contributed by atoms with van der Waals surface area (Å²) in [7, 11) is 0. The van der Waals surface area contributed by atoms with Gasteiger partial charge in [-0.25, -0.2) is 0 Å². The van der Waals surface area contributed by atoms with E-state index in [9.17, 15) is 4.79 Å². The first-order chi connectivity index (χ1) is 7.66. The molecule has 0 saturated carbocycles. The normalized spacial score (nSPS) is 12.6. The zero-order valence-electron chi connectivity index (χ0n) is 8.57. The second-order valence-electron chi connectivity index (χ2n) is 3.38. The van der Waals surface area contributed by atoms with E-state index >= 15 is 0 Å². The Balaban J connectivity index is 2.11. The van der Waals surface area contributed by atoms with Crippen molar-refractivity contribution in [2.45, 2.75) is 13.5 Å². The van der Waals surface area contributed by atoms with Crippen LogP contribution in [0.25, 0.3) is 11.6 Å². The Bertz CT molecular complexity index is 477. The monoisotopic (exact) mass is 222 g/mol. The van der Waals surface area contributed by atoms with E-state index in [1.165, 1.54) is 11.1 Å². The minimum atomic E-state index is -0.892. The van der Waals surface area contributed by atoms with Gasteiger partial charge in [-0.05, 0) is 17.3 Å². The molecule has 1 N–H and O–H groups in total. The van der Waals surface area contributed by atoms with Gasteiger partial charge in [-0.15, -0.1) is 10.2 Å². The van der Waals surface area contributed by atoms with Gasteiger partial charge < -0.3 is 9.52 Å². The lowest BCUT2D eigenvalue weighted by molar-refractivity contribution is -0.141. The Morgan fingerprint density at radius 3 is 3.12 bits per heavy atom. The molecule has 2 heterocycles. The van der Waals surface area contributed by atoms with Crippen LogP contribution in [0.5, 0.6) is 0 Å². The van der Waals surface area contributed by atoms with Crippen molar-refractivity contribution in [2.24, 2.45) is 5.92 Å². The molecule has 1 atom stereocenters. The van der Waals surface area contributed by atoms with Gasteiger partial charge >= 0.3 is 5.97 Å². The van der Waals surface area contributed by atoms with E-state index in [0.29, 0.717) is 11.6 Å². The van der Waals surface area contributed by atoms with E-state index in [4.69, 9.17) is 9.52 Å². The van der Waals surface area contributed by atoms with Crippen LogP contribution in [-0.4, -0.2) is 31.3 Å². The van der Waals surface area contributed by atoms with Crippen molar-refractivity contribution in [3.05, 3.63) is 18.4 Å². The zero-order chi connectivity index (χ0) is 11.5. The minimum absolute atomic E-state index is 0.184. The van der Waals surface area contributed by atoms with E-state index in [1.54, 1.807) is 19.1 Å². The Labute approximate surface area is 90.7 Å². The fourth-order valence-electron chi connectivity index (χ4n) is 1.15. The number of rotatable bonds is 4. The smallest absolute Gasteiger partial charge is 0.308 e. The summed E-state index contributed by atoms with van der Waals surface area (Å²) in [5.41, 5.74) is 0. The number of furan rings is 1. The van der Waals surface area contributed by atoms with Crippen LogP contribution in [0.1, 0.15) is 6.92 Å². The van der Waals surface area contributed by atoms with Gasteiger partial charge in [0.25, 0.3) is 0 Å². The summed E-state index contributed by atoms with van der Waals surface area (Å²) in [4.78, 5) is 11.9. The third kappa shape index (κ3) is 2.08. The zero-order valence-corrected chi connectivity index (χ0v) is 8.57.